The van der Waals surface area contributed by atoms with Crippen LogP contribution in [0.15, 0.2) is 11.6 Å². The number of aliphatic carboxylic acids is 1. The molecular weight excluding hydrogens is 158 g/mol. The molecule has 12 heavy (non-hydrogen) atoms. The summed E-state index contributed by atoms with van der Waals surface area (Å²) < 4.78 is 0. The molecule has 0 heterocycles. The predicted octanol–water partition coefficient (Wildman–Crippen LogP) is 0.542. The third kappa shape index (κ3) is 4.49. The van der Waals surface area contributed by atoms with Crippen LogP contribution in [0.4, 0.5) is 0 Å². The van der Waals surface area contributed by atoms with E-state index in [-0.39, 0.29) is 17.5 Å². The lowest BCUT2D eigenvalue weighted by molar-refractivity contribution is -0.131. The van der Waals surface area contributed by atoms with Gasteiger partial charge >= 0.3 is 5.97 Å². The van der Waals surface area contributed by atoms with E-state index in [1.54, 1.807) is 0 Å². The fourth-order valence-corrected chi connectivity index (χ4v) is 0.627. The van der Waals surface area contributed by atoms with Crippen LogP contribution in [0, 0.1) is 0 Å². The van der Waals surface area contributed by atoms with Crippen LogP contribution in [-0.2, 0) is 9.59 Å². The lowest BCUT2D eigenvalue weighted by Crippen LogP contribution is -2.30. The third-order valence-corrected chi connectivity index (χ3v) is 1.12. The van der Waals surface area contributed by atoms with Gasteiger partial charge in [-0.25, -0.2) is 4.79 Å². The van der Waals surface area contributed by atoms with E-state index in [4.69, 9.17) is 5.11 Å². The van der Waals surface area contributed by atoms with Gasteiger partial charge in [-0.05, 0) is 20.8 Å². The highest BCUT2D eigenvalue weighted by molar-refractivity contribution is 5.98. The molecule has 0 saturated heterocycles. The van der Waals surface area contributed by atoms with Crippen LogP contribution in [0.1, 0.15) is 20.8 Å². The van der Waals surface area contributed by atoms with Crippen molar-refractivity contribution in [2.24, 2.45) is 0 Å². The van der Waals surface area contributed by atoms with Crippen LogP contribution in [0.3, 0.4) is 0 Å². The topological polar surface area (TPSA) is 66.4 Å². The summed E-state index contributed by atoms with van der Waals surface area (Å²) in [5.41, 5.74) is 0.205. The molecule has 68 valence electrons. The molecule has 0 atom stereocenters. The standard InChI is InChI=1S/C8H13NO3/c1-5(2)9-8(12)6(3)4-7(10)11/h4-5H,1-3H3,(H,9,12)(H,10,11)/b6-4-. The maximum Gasteiger partial charge on any atom is 0.328 e. The van der Waals surface area contributed by atoms with Gasteiger partial charge in [0.2, 0.25) is 5.91 Å². The molecule has 0 aromatic carbocycles. The smallest absolute Gasteiger partial charge is 0.328 e. The second-order valence-electron chi connectivity index (χ2n) is 2.79. The minimum absolute atomic E-state index is 0.0228. The van der Waals surface area contributed by atoms with Crippen LogP contribution in [0.25, 0.3) is 0 Å². The van der Waals surface area contributed by atoms with Gasteiger partial charge in [0.25, 0.3) is 0 Å². The molecule has 0 aromatic rings. The molecule has 2 N–H and O–H groups in total. The van der Waals surface area contributed by atoms with Crippen LogP contribution in [-0.4, -0.2) is 23.0 Å². The highest BCUT2D eigenvalue weighted by Crippen LogP contribution is 1.93. The van der Waals surface area contributed by atoms with Gasteiger partial charge in [0.1, 0.15) is 0 Å². The second-order valence-corrected chi connectivity index (χ2v) is 2.79. The van der Waals surface area contributed by atoms with Gasteiger partial charge in [-0.1, -0.05) is 0 Å². The first-order valence-corrected chi connectivity index (χ1v) is 3.65. The minimum Gasteiger partial charge on any atom is -0.478 e. The van der Waals surface area contributed by atoms with E-state index in [9.17, 15) is 9.59 Å². The number of carboxylic acid groups (broad SMARTS) is 1. The number of carbonyl (C=O) groups is 2. The minimum atomic E-state index is -1.11. The van der Waals surface area contributed by atoms with Crippen molar-refractivity contribution >= 4 is 11.9 Å². The Bertz CT molecular complexity index is 218. The predicted molar refractivity (Wildman–Crippen MR) is 44.7 cm³/mol. The second kappa shape index (κ2) is 4.54. The van der Waals surface area contributed by atoms with Gasteiger partial charge in [-0.3, -0.25) is 4.79 Å². The maximum absolute atomic E-state index is 11.0. The highest BCUT2D eigenvalue weighted by Gasteiger charge is 2.06. The summed E-state index contributed by atoms with van der Waals surface area (Å²) in [5.74, 6) is -1.45. The fraction of sp³-hybridized carbons (Fsp3) is 0.500. The molecule has 4 nitrogen and oxygen atoms in total. The zero-order chi connectivity index (χ0) is 9.72. The largest absolute Gasteiger partial charge is 0.478 e. The van der Waals surface area contributed by atoms with Gasteiger partial charge in [-0.2, -0.15) is 0 Å². The summed E-state index contributed by atoms with van der Waals surface area (Å²) in [4.78, 5) is 21.2. The lowest BCUT2D eigenvalue weighted by Gasteiger charge is -2.07. The number of carboxylic acids is 1. The SMILES string of the molecule is C/C(=C/C(=O)O)C(=O)NC(C)C. The Morgan fingerprint density at radius 2 is 1.92 bits per heavy atom. The number of rotatable bonds is 3. The van der Waals surface area contributed by atoms with Crippen molar-refractivity contribution in [1.82, 2.24) is 5.32 Å². The van der Waals surface area contributed by atoms with Crippen molar-refractivity contribution in [3.8, 4) is 0 Å². The molecule has 0 radical (unpaired) electrons. The molecule has 0 aliphatic rings. The van der Waals surface area contributed by atoms with E-state index < -0.39 is 5.97 Å². The molecule has 0 unspecified atom stereocenters. The Labute approximate surface area is 71.3 Å². The van der Waals surface area contributed by atoms with Gasteiger partial charge in [0.15, 0.2) is 0 Å². The van der Waals surface area contributed by atoms with Gasteiger partial charge in [0, 0.05) is 17.7 Å². The number of hydrogen-bond donors (Lipinski definition) is 2. The molecule has 0 aliphatic heterocycles. The molecular formula is C8H13NO3. The average Bonchev–Trinajstić information content (AvgIpc) is 1.84. The van der Waals surface area contributed by atoms with E-state index in [0.717, 1.165) is 6.08 Å². The Kier molecular flexibility index (Phi) is 4.04. The molecule has 0 bridgehead atoms. The molecule has 0 fully saturated rings. The fourth-order valence-electron chi connectivity index (χ4n) is 0.627. The van der Waals surface area contributed by atoms with Crippen molar-refractivity contribution < 1.29 is 14.7 Å². The van der Waals surface area contributed by atoms with Gasteiger partial charge < -0.3 is 10.4 Å². The van der Waals surface area contributed by atoms with Crippen molar-refractivity contribution in [3.05, 3.63) is 11.6 Å². The first kappa shape index (κ1) is 10.7. The van der Waals surface area contributed by atoms with E-state index >= 15 is 0 Å². The first-order chi connectivity index (χ1) is 5.43. The third-order valence-electron chi connectivity index (χ3n) is 1.12. The molecule has 0 rings (SSSR count). The van der Waals surface area contributed by atoms with Crippen molar-refractivity contribution in [2.75, 3.05) is 0 Å². The van der Waals surface area contributed by atoms with Crippen molar-refractivity contribution in [2.45, 2.75) is 26.8 Å². The van der Waals surface area contributed by atoms with Crippen molar-refractivity contribution in [3.63, 3.8) is 0 Å². The Morgan fingerprint density at radius 1 is 1.42 bits per heavy atom. The zero-order valence-corrected chi connectivity index (χ0v) is 7.42. The van der Waals surface area contributed by atoms with E-state index in [1.807, 2.05) is 13.8 Å². The Hall–Kier alpha value is -1.32. The van der Waals surface area contributed by atoms with Crippen LogP contribution >= 0.6 is 0 Å². The maximum atomic E-state index is 11.0. The summed E-state index contributed by atoms with van der Waals surface area (Å²) in [6.07, 6.45) is 0.887. The van der Waals surface area contributed by atoms with Crippen LogP contribution in [0.2, 0.25) is 0 Å². The highest BCUT2D eigenvalue weighted by atomic mass is 16.4. The van der Waals surface area contributed by atoms with Gasteiger partial charge in [-0.15, -0.1) is 0 Å². The number of nitrogens with one attached hydrogen (secondary N) is 1. The van der Waals surface area contributed by atoms with E-state index in [1.165, 1.54) is 6.92 Å². The van der Waals surface area contributed by atoms with Crippen molar-refractivity contribution in [1.29, 1.82) is 0 Å². The summed E-state index contributed by atoms with van der Waals surface area (Å²) in [5, 5.41) is 10.9. The van der Waals surface area contributed by atoms with Crippen LogP contribution in [0.5, 0.6) is 0 Å². The molecule has 0 aromatic heterocycles. The summed E-state index contributed by atoms with van der Waals surface area (Å²) in [7, 11) is 0. The van der Waals surface area contributed by atoms with Gasteiger partial charge in [0.05, 0.1) is 0 Å². The number of carbonyl (C=O) groups excluding carboxylic acids is 1. The summed E-state index contributed by atoms with van der Waals surface area (Å²) in [6.45, 7) is 5.09. The summed E-state index contributed by atoms with van der Waals surface area (Å²) in [6, 6.07) is 0.0228. The molecule has 0 spiro atoms. The zero-order valence-electron chi connectivity index (χ0n) is 7.42. The summed E-state index contributed by atoms with van der Waals surface area (Å²) >= 11 is 0. The Balaban J connectivity index is 4.20. The number of hydrogen-bond acceptors (Lipinski definition) is 2. The quantitative estimate of drug-likeness (QED) is 0.609. The van der Waals surface area contributed by atoms with Crippen LogP contribution < -0.4 is 5.32 Å². The molecule has 1 amide bonds. The van der Waals surface area contributed by atoms with E-state index in [0.29, 0.717) is 0 Å². The normalized spacial score (nSPS) is 11.5. The Morgan fingerprint density at radius 3 is 2.25 bits per heavy atom. The number of amides is 1. The lowest BCUT2D eigenvalue weighted by atomic mass is 10.2. The first-order valence-electron chi connectivity index (χ1n) is 3.65. The molecule has 0 saturated carbocycles. The monoisotopic (exact) mass is 171 g/mol. The average molecular weight is 171 g/mol. The molecule has 0 aliphatic carbocycles. The molecule has 4 heteroatoms. The van der Waals surface area contributed by atoms with E-state index in [2.05, 4.69) is 5.32 Å².